The number of aryl methyl sites for hydroxylation is 2. The van der Waals surface area contributed by atoms with E-state index in [0.717, 1.165) is 223 Å². The first-order chi connectivity index (χ1) is 71.5. The van der Waals surface area contributed by atoms with Gasteiger partial charge in [-0.2, -0.15) is 0 Å². The van der Waals surface area contributed by atoms with Crippen LogP contribution in [0.5, 0.6) is 11.5 Å². The molecule has 2 unspecified atom stereocenters. The summed E-state index contributed by atoms with van der Waals surface area (Å²) in [5.74, 6) is 2.94. The maximum absolute atomic E-state index is 14.5. The second-order valence-corrected chi connectivity index (χ2v) is 45.6. The van der Waals surface area contributed by atoms with Crippen molar-refractivity contribution in [3.8, 4) is 22.6 Å². The quantitative estimate of drug-likeness (QED) is 0.0276. The average Bonchev–Trinajstić information content (AvgIpc) is 1.56. The van der Waals surface area contributed by atoms with E-state index in [2.05, 4.69) is 140 Å². The van der Waals surface area contributed by atoms with Gasteiger partial charge in [-0.15, -0.1) is 0 Å². The number of rotatable bonds is 27. The molecule has 7 saturated heterocycles. The number of carbonyl (C=O) groups excluding carboxylic acids is 9. The Morgan fingerprint density at radius 1 is 0.550 bits per heavy atom. The summed E-state index contributed by atoms with van der Waals surface area (Å²) in [7, 11) is 5.57. The van der Waals surface area contributed by atoms with Crippen molar-refractivity contribution < 1.29 is 52.6 Å². The van der Waals surface area contributed by atoms with Gasteiger partial charge in [-0.3, -0.25) is 48.1 Å². The van der Waals surface area contributed by atoms with Gasteiger partial charge in [-0.25, -0.2) is 0 Å². The highest BCUT2D eigenvalue weighted by atomic mass is 79.9. The number of carbonyl (C=O) groups is 9. The van der Waals surface area contributed by atoms with Crippen LogP contribution in [0.25, 0.3) is 54.7 Å². The number of likely N-dealkylation sites (tertiary alicyclic amines) is 7. The third kappa shape index (κ3) is 22.0. The number of piperidine rings is 2. The molecule has 11 aromatic rings. The Hall–Kier alpha value is -12.4. The molecule has 149 heavy (non-hydrogen) atoms. The molecule has 2 atom stereocenters. The van der Waals surface area contributed by atoms with Gasteiger partial charge in [-0.05, 0) is 261 Å². The summed E-state index contributed by atoms with van der Waals surface area (Å²) in [5.41, 5.74) is 19.4. The number of halogens is 4. The fraction of sp³-hybridized carbons (Fsp3) is 0.412. The van der Waals surface area contributed by atoms with Gasteiger partial charge < -0.3 is 77.7 Å². The Balaban J connectivity index is 0.000000130. The van der Waals surface area contributed by atoms with Crippen LogP contribution in [0.15, 0.2) is 199 Å². The van der Waals surface area contributed by atoms with Crippen LogP contribution in [-0.4, -0.2) is 260 Å². The third-order valence-corrected chi connectivity index (χ3v) is 33.9. The predicted octanol–water partition coefficient (Wildman–Crippen LogP) is 19.5. The highest BCUT2D eigenvalue weighted by molar-refractivity contribution is 9.10. The minimum Gasteiger partial charge on any atom is -0.496 e. The van der Waals surface area contributed by atoms with Crippen LogP contribution in [-0.2, 0) is 84.5 Å². The van der Waals surface area contributed by atoms with E-state index in [1.54, 1.807) is 42.2 Å². The number of hydrogen-bond donors (Lipinski definition) is 2. The van der Waals surface area contributed by atoms with Crippen LogP contribution in [0.4, 0.5) is 0 Å². The Kier molecular flexibility index (Phi) is 31.9. The topological polar surface area (TPSA) is 257 Å². The number of amides is 7. The van der Waals surface area contributed by atoms with Gasteiger partial charge in [0.15, 0.2) is 11.6 Å². The average molecular weight is 2180 g/mol. The summed E-state index contributed by atoms with van der Waals surface area (Å²) < 4.78 is 21.6. The monoisotopic (exact) mass is 2180 g/mol. The summed E-state index contributed by atoms with van der Waals surface area (Å²) in [6.07, 6.45) is 22.1. The second-order valence-electron chi connectivity index (χ2n) is 42.9. The van der Waals surface area contributed by atoms with Gasteiger partial charge in [0, 0.05) is 263 Å². The molecule has 0 bridgehead atoms. The first kappa shape index (κ1) is 106. The summed E-state index contributed by atoms with van der Waals surface area (Å²) >= 11 is 20.2. The fourth-order valence-corrected chi connectivity index (χ4v) is 25.7. The van der Waals surface area contributed by atoms with E-state index in [1.807, 2.05) is 147 Å². The van der Waals surface area contributed by atoms with E-state index in [0.29, 0.717) is 136 Å². The van der Waals surface area contributed by atoms with Crippen molar-refractivity contribution in [3.05, 3.63) is 282 Å². The van der Waals surface area contributed by atoms with E-state index in [9.17, 15) is 43.2 Å². The summed E-state index contributed by atoms with van der Waals surface area (Å²) in [4.78, 5) is 135. The molecule has 7 amide bonds. The van der Waals surface area contributed by atoms with Crippen molar-refractivity contribution in [1.29, 1.82) is 5.41 Å². The summed E-state index contributed by atoms with van der Waals surface area (Å²) in [6.45, 7) is 44.4. The Bertz CT molecular complexity index is 7220. The normalized spacial score (nSPS) is 18.5. The smallest absolute Gasteiger partial charge is 0.256 e. The van der Waals surface area contributed by atoms with Crippen molar-refractivity contribution in [2.24, 2.45) is 17.3 Å². The van der Waals surface area contributed by atoms with Crippen LogP contribution in [0.1, 0.15) is 166 Å². The number of nitrogens with one attached hydrogen (secondary N) is 2. The molecule has 1 spiro atoms. The lowest BCUT2D eigenvalue weighted by atomic mass is 9.74. The number of hydrogen-bond acceptors (Lipinski definition) is 15. The Morgan fingerprint density at radius 2 is 1.11 bits per heavy atom. The SMILES string of the molecule is C=CC(=C)N1CC(CC(=O)Cn2cc(CC(=O)N3CCCC4(CCCN(C)C4)C3)c3cc(Br)ccc32)C1.C=CC(=O)N1CC(CC(=O)Cn2cc(-c3c(C)ccc(C=N)c3C)c3cc(Br)ccc32)C1.C=CC(=O)N1CC(N2CCC(n3c(C4CC4)c(C(=O)N4CCc5c(cccc5OC)C4)c4cc(Cl)cc(C)c43)C2)C1.C=CC(=O)N1CC(NC(=O)C(C)(C)n2c(C)c(C(=O)N3CCc4c(cccc4OC)C3)c3cc(Cl)ccc32)C1. The highest BCUT2D eigenvalue weighted by Gasteiger charge is 2.47. The Labute approximate surface area is 899 Å². The van der Waals surface area contributed by atoms with E-state index in [4.69, 9.17) is 38.1 Å². The van der Waals surface area contributed by atoms with Crippen LogP contribution < -0.4 is 14.8 Å². The molecule has 13 heterocycles. The van der Waals surface area contributed by atoms with Gasteiger partial charge in [0.1, 0.15) is 17.0 Å². The predicted molar refractivity (Wildman–Crippen MR) is 597 cm³/mol. The van der Waals surface area contributed by atoms with Crippen molar-refractivity contribution >= 4 is 158 Å². The number of benzene rings is 7. The number of nitrogens with zero attached hydrogens (tertiary/aromatic N) is 13. The van der Waals surface area contributed by atoms with E-state index >= 15 is 0 Å². The van der Waals surface area contributed by atoms with Gasteiger partial charge >= 0.3 is 0 Å². The van der Waals surface area contributed by atoms with Crippen molar-refractivity contribution in [1.82, 2.24) is 67.7 Å². The first-order valence-corrected chi connectivity index (χ1v) is 54.4. The molecule has 4 aromatic heterocycles. The zero-order valence-corrected chi connectivity index (χ0v) is 91.6. The zero-order chi connectivity index (χ0) is 106. The Morgan fingerprint density at radius 3 is 1.69 bits per heavy atom. The number of aromatic nitrogens is 4. The zero-order valence-electron chi connectivity index (χ0n) is 87.0. The molecule has 0 radical (unpaired) electrons. The largest absolute Gasteiger partial charge is 0.496 e. The molecular weight excluding hydrogens is 2050 g/mol. The third-order valence-electron chi connectivity index (χ3n) is 32.4. The molecule has 1 saturated carbocycles. The molecular formula is C119H135Br2Cl2N15O11. The van der Waals surface area contributed by atoms with Gasteiger partial charge in [0.2, 0.25) is 29.5 Å². The molecule has 10 aliphatic rings. The molecule has 2 N–H and O–H groups in total. The highest BCUT2D eigenvalue weighted by Crippen LogP contribution is 2.51. The number of allylic oxidation sites excluding steroid dienone is 1. The number of ether oxygens (including phenoxy) is 2. The molecule has 1 aliphatic carbocycles. The minimum atomic E-state index is -1.01. The van der Waals surface area contributed by atoms with Gasteiger partial charge in [-0.1, -0.05) is 124 Å². The number of Topliss-reactive ketones (excluding diaryl/α,β-unsaturated/α-hetero) is 2. The van der Waals surface area contributed by atoms with Crippen molar-refractivity contribution in [2.45, 2.75) is 174 Å². The van der Waals surface area contributed by atoms with E-state index in [1.165, 1.54) is 55.0 Å². The maximum Gasteiger partial charge on any atom is 0.256 e. The lowest BCUT2D eigenvalue weighted by molar-refractivity contribution is -0.136. The van der Waals surface area contributed by atoms with E-state index in [-0.39, 0.29) is 76.3 Å². The van der Waals surface area contributed by atoms with Crippen LogP contribution in [0, 0.1) is 50.4 Å². The molecule has 780 valence electrons. The first-order valence-electron chi connectivity index (χ1n) is 52.1. The summed E-state index contributed by atoms with van der Waals surface area (Å²) in [6, 6.07) is 38.3. The van der Waals surface area contributed by atoms with Crippen molar-refractivity contribution in [2.75, 3.05) is 126 Å². The van der Waals surface area contributed by atoms with Crippen LogP contribution >= 0.6 is 55.1 Å². The summed E-state index contributed by atoms with van der Waals surface area (Å²) in [5, 5.41) is 15.8. The van der Waals surface area contributed by atoms with Gasteiger partial charge in [0.05, 0.1) is 61.9 Å². The number of ketones is 2. The molecule has 21 rings (SSSR count). The molecule has 9 aliphatic heterocycles. The number of methoxy groups -OCH3 is 2. The molecule has 26 nitrogen and oxygen atoms in total. The second kappa shape index (κ2) is 44.6. The fourth-order valence-electron chi connectivity index (χ4n) is 24.6. The number of fused-ring (bicyclic) bond motifs is 6. The van der Waals surface area contributed by atoms with Gasteiger partial charge in [0.25, 0.3) is 11.8 Å². The molecule has 30 heteroatoms. The minimum absolute atomic E-state index is 0.0128. The lowest BCUT2D eigenvalue weighted by Gasteiger charge is -2.47. The molecule has 7 aromatic carbocycles. The molecule has 8 fully saturated rings. The van der Waals surface area contributed by atoms with Crippen LogP contribution in [0.3, 0.4) is 0 Å². The maximum atomic E-state index is 14.5. The lowest BCUT2D eigenvalue weighted by Crippen LogP contribution is -2.63. The van der Waals surface area contributed by atoms with Crippen LogP contribution in [0.2, 0.25) is 10.0 Å². The van der Waals surface area contributed by atoms with Crippen molar-refractivity contribution in [3.63, 3.8) is 0 Å². The standard InChI is InChI=1S/C33H37ClN4O3.C30H39BrN4O2.C30H33ClN4O4.C26H26BrN3O2/c1-4-29(39)37-18-25(19-37)35-12-10-24(17-35)38-31-20(2)14-23(34)15-27(31)30(32(38)21-8-9-21)33(40)36-13-11-26-22(16-36)6-5-7-28(26)41-3;1-4-22(2)34-16-23(17-34)13-26(36)19-35-18-24(27-15-25(31)7-8-28(27)35)14-29(37)33-12-6-10-30(21-33)9-5-11-32(3)20-30;1-6-26(36)34-16-21(17-34)32-29(38)30(3,4)35-18(2)27(23-14-20(31)10-11-24(23)35)28(37)33-13-12-22-19(15-33)8-7-9-25(22)39-5;1-4-25(32)30-12-18(13-30)9-21(31)14-29-15-23(22-10-20(27)7-8-24(22)29)26-16(2)5-6-19(11-28)17(26)3/h4-7,14-15,21,24-25H,1,8-13,16-19H2,2-3H3;4,7-8,15,18,23H,1-2,5-6,9-14,16-17,19-21H2,3H3;6-11,14,21H,1,12-13,15-17H2,2-5H3,(H,32,38);4-8,10-11,15,18,28H,1,9,12-14H2,2-3H3. The van der Waals surface area contributed by atoms with E-state index < -0.39 is 5.54 Å².